The second kappa shape index (κ2) is 10.3. The van der Waals surface area contributed by atoms with Gasteiger partial charge < -0.3 is 9.47 Å². The van der Waals surface area contributed by atoms with Crippen LogP contribution in [-0.4, -0.2) is 25.0 Å². The number of carbonyl (C=O) groups excluding carboxylic acids is 3. The van der Waals surface area contributed by atoms with Crippen molar-refractivity contribution in [2.75, 3.05) is 12.0 Å². The molecule has 1 heterocycles. The minimum atomic E-state index is -0.895. The summed E-state index contributed by atoms with van der Waals surface area (Å²) in [5, 5.41) is 2.34. The Labute approximate surface area is 213 Å². The standard InChI is InChI=1S/C25H17BrClFN2O5/c1-34-21-12-15(11-18(26)22(21)35-13-14-6-8-16(28)9-7-14)10-17-23(31)29-25(33)30(24(17)32)20-5-3-2-4-19(20)27/h2-12H,13H2,1H3,(H,29,31,33)/b17-10+. The molecule has 10 heteroatoms. The average molecular weight is 560 g/mol. The number of anilines is 1. The van der Waals surface area contributed by atoms with Crippen LogP contribution in [0.5, 0.6) is 11.5 Å². The van der Waals surface area contributed by atoms with E-state index in [1.807, 2.05) is 0 Å². The summed E-state index contributed by atoms with van der Waals surface area (Å²) < 4.78 is 24.9. The topological polar surface area (TPSA) is 84.9 Å². The maximum atomic E-state index is 13.1. The van der Waals surface area contributed by atoms with Crippen molar-refractivity contribution >= 4 is 57.1 Å². The van der Waals surface area contributed by atoms with E-state index in [4.69, 9.17) is 21.1 Å². The summed E-state index contributed by atoms with van der Waals surface area (Å²) in [5.74, 6) is -1.29. The number of para-hydroxylation sites is 1. The van der Waals surface area contributed by atoms with Crippen molar-refractivity contribution in [1.82, 2.24) is 5.32 Å². The lowest BCUT2D eigenvalue weighted by Gasteiger charge is -2.27. The third kappa shape index (κ3) is 5.21. The monoisotopic (exact) mass is 558 g/mol. The molecule has 4 rings (SSSR count). The molecule has 1 aliphatic heterocycles. The van der Waals surface area contributed by atoms with Gasteiger partial charge in [0.15, 0.2) is 11.5 Å². The zero-order valence-electron chi connectivity index (χ0n) is 18.2. The predicted octanol–water partition coefficient (Wildman–Crippen LogP) is 5.50. The molecule has 0 unspecified atom stereocenters. The lowest BCUT2D eigenvalue weighted by atomic mass is 10.1. The van der Waals surface area contributed by atoms with Crippen LogP contribution in [0.1, 0.15) is 11.1 Å². The van der Waals surface area contributed by atoms with Gasteiger partial charge in [0.05, 0.1) is 22.3 Å². The summed E-state index contributed by atoms with van der Waals surface area (Å²) in [4.78, 5) is 38.8. The molecule has 3 aromatic rings. The third-order valence-corrected chi connectivity index (χ3v) is 5.96. The molecule has 1 N–H and O–H groups in total. The Kier molecular flexibility index (Phi) is 7.18. The molecule has 7 nitrogen and oxygen atoms in total. The van der Waals surface area contributed by atoms with E-state index in [2.05, 4.69) is 21.2 Å². The molecule has 1 saturated heterocycles. The molecule has 0 atom stereocenters. The number of hydrogen-bond donors (Lipinski definition) is 1. The first-order chi connectivity index (χ1) is 16.8. The van der Waals surface area contributed by atoms with Crippen LogP contribution in [0.25, 0.3) is 6.08 Å². The van der Waals surface area contributed by atoms with Gasteiger partial charge in [-0.3, -0.25) is 14.9 Å². The van der Waals surface area contributed by atoms with E-state index in [-0.39, 0.29) is 28.7 Å². The maximum absolute atomic E-state index is 13.1. The smallest absolute Gasteiger partial charge is 0.335 e. The highest BCUT2D eigenvalue weighted by Crippen LogP contribution is 2.38. The molecule has 35 heavy (non-hydrogen) atoms. The summed E-state index contributed by atoms with van der Waals surface area (Å²) in [6, 6.07) is 14.5. The molecule has 0 radical (unpaired) electrons. The second-order valence-corrected chi connectivity index (χ2v) is 8.62. The molecule has 4 amide bonds. The van der Waals surface area contributed by atoms with Gasteiger partial charge in [0, 0.05) is 0 Å². The summed E-state index contributed by atoms with van der Waals surface area (Å²) in [6.07, 6.45) is 1.34. The molecule has 1 fully saturated rings. The molecule has 0 aromatic heterocycles. The van der Waals surface area contributed by atoms with E-state index in [9.17, 15) is 18.8 Å². The molecule has 178 valence electrons. The van der Waals surface area contributed by atoms with Gasteiger partial charge in [-0.25, -0.2) is 14.1 Å². The van der Waals surface area contributed by atoms with Crippen LogP contribution in [0.2, 0.25) is 5.02 Å². The fourth-order valence-electron chi connectivity index (χ4n) is 3.38. The largest absolute Gasteiger partial charge is 0.493 e. The van der Waals surface area contributed by atoms with Crippen molar-refractivity contribution in [1.29, 1.82) is 0 Å². The number of ether oxygens (including phenoxy) is 2. The predicted molar refractivity (Wildman–Crippen MR) is 132 cm³/mol. The van der Waals surface area contributed by atoms with Crippen LogP contribution in [0.4, 0.5) is 14.9 Å². The summed E-state index contributed by atoms with van der Waals surface area (Å²) in [7, 11) is 1.44. The number of nitrogens with zero attached hydrogens (tertiary/aromatic N) is 1. The van der Waals surface area contributed by atoms with Crippen LogP contribution < -0.4 is 19.7 Å². The Morgan fingerprint density at radius 2 is 1.80 bits per heavy atom. The van der Waals surface area contributed by atoms with Crippen molar-refractivity contribution < 1.29 is 28.2 Å². The Morgan fingerprint density at radius 1 is 1.09 bits per heavy atom. The lowest BCUT2D eigenvalue weighted by Crippen LogP contribution is -2.54. The number of halogens is 3. The van der Waals surface area contributed by atoms with Crippen LogP contribution >= 0.6 is 27.5 Å². The van der Waals surface area contributed by atoms with Gasteiger partial charge in [-0.05, 0) is 69.5 Å². The highest BCUT2D eigenvalue weighted by atomic mass is 79.9. The highest BCUT2D eigenvalue weighted by molar-refractivity contribution is 9.10. The molecule has 0 saturated carbocycles. The summed E-state index contributed by atoms with van der Waals surface area (Å²) in [6.45, 7) is 0.158. The molecule has 3 aromatic carbocycles. The fraction of sp³-hybridized carbons (Fsp3) is 0.0800. The van der Waals surface area contributed by atoms with Crippen LogP contribution in [0, 0.1) is 5.82 Å². The Balaban J connectivity index is 1.64. The number of benzene rings is 3. The van der Waals surface area contributed by atoms with E-state index < -0.39 is 17.8 Å². The first-order valence-corrected chi connectivity index (χ1v) is 11.4. The van der Waals surface area contributed by atoms with E-state index in [1.165, 1.54) is 37.5 Å². The fourth-order valence-corrected chi connectivity index (χ4v) is 4.17. The van der Waals surface area contributed by atoms with Crippen LogP contribution in [0.3, 0.4) is 0 Å². The Bertz CT molecular complexity index is 1360. The van der Waals surface area contributed by atoms with Crippen molar-refractivity contribution in [3.63, 3.8) is 0 Å². The first kappa shape index (κ1) is 24.4. The number of rotatable bonds is 6. The number of barbiturate groups is 1. The van der Waals surface area contributed by atoms with Gasteiger partial charge in [0.25, 0.3) is 11.8 Å². The van der Waals surface area contributed by atoms with Crippen molar-refractivity contribution in [2.45, 2.75) is 6.61 Å². The zero-order valence-corrected chi connectivity index (χ0v) is 20.5. The highest BCUT2D eigenvalue weighted by Gasteiger charge is 2.37. The molecule has 1 aliphatic rings. The summed E-state index contributed by atoms with van der Waals surface area (Å²) in [5.41, 5.74) is 1.08. The molecular weight excluding hydrogens is 543 g/mol. The quantitative estimate of drug-likeness (QED) is 0.319. The van der Waals surface area contributed by atoms with E-state index >= 15 is 0 Å². The SMILES string of the molecule is COc1cc(/C=C2\C(=O)NC(=O)N(c3ccccc3Cl)C2=O)cc(Br)c1OCc1ccc(F)cc1. The van der Waals surface area contributed by atoms with Gasteiger partial charge in [-0.15, -0.1) is 0 Å². The molecular formula is C25H17BrClFN2O5. The Morgan fingerprint density at radius 3 is 2.49 bits per heavy atom. The second-order valence-electron chi connectivity index (χ2n) is 7.36. The van der Waals surface area contributed by atoms with Crippen LogP contribution in [-0.2, 0) is 16.2 Å². The van der Waals surface area contributed by atoms with Gasteiger partial charge >= 0.3 is 6.03 Å². The van der Waals surface area contributed by atoms with E-state index in [1.54, 1.807) is 36.4 Å². The van der Waals surface area contributed by atoms with E-state index in [0.29, 0.717) is 21.5 Å². The van der Waals surface area contributed by atoms with Gasteiger partial charge in [-0.1, -0.05) is 35.9 Å². The maximum Gasteiger partial charge on any atom is 0.335 e. The molecule has 0 bridgehead atoms. The van der Waals surface area contributed by atoms with Crippen molar-refractivity contribution in [3.05, 3.63) is 92.7 Å². The summed E-state index contributed by atoms with van der Waals surface area (Å²) >= 11 is 9.58. The van der Waals surface area contributed by atoms with Gasteiger partial charge in [0.1, 0.15) is 18.0 Å². The van der Waals surface area contributed by atoms with E-state index in [0.717, 1.165) is 10.5 Å². The number of methoxy groups -OCH3 is 1. The van der Waals surface area contributed by atoms with Crippen LogP contribution in [0.15, 0.2) is 70.7 Å². The number of urea groups is 1. The number of imide groups is 2. The molecule has 0 spiro atoms. The number of carbonyl (C=O) groups is 3. The minimum absolute atomic E-state index is 0.151. The Hall–Kier alpha value is -3.69. The average Bonchev–Trinajstić information content (AvgIpc) is 2.83. The number of hydrogen-bond acceptors (Lipinski definition) is 5. The van der Waals surface area contributed by atoms with Gasteiger partial charge in [0.2, 0.25) is 0 Å². The lowest BCUT2D eigenvalue weighted by molar-refractivity contribution is -0.122. The minimum Gasteiger partial charge on any atom is -0.493 e. The number of amides is 4. The normalized spacial score (nSPS) is 14.8. The first-order valence-electron chi connectivity index (χ1n) is 10.2. The number of nitrogens with one attached hydrogen (secondary N) is 1. The van der Waals surface area contributed by atoms with Crippen molar-refractivity contribution in [2.24, 2.45) is 0 Å². The third-order valence-electron chi connectivity index (χ3n) is 5.05. The van der Waals surface area contributed by atoms with Gasteiger partial charge in [-0.2, -0.15) is 0 Å². The van der Waals surface area contributed by atoms with Crippen molar-refractivity contribution in [3.8, 4) is 11.5 Å². The molecule has 0 aliphatic carbocycles. The zero-order chi connectivity index (χ0) is 25.1.